The van der Waals surface area contributed by atoms with Crippen LogP contribution in [0.5, 0.6) is 0 Å². The summed E-state index contributed by atoms with van der Waals surface area (Å²) in [4.78, 5) is 14.1. The molecule has 2 aliphatic heterocycles. The first-order valence-corrected chi connectivity index (χ1v) is 6.97. The van der Waals surface area contributed by atoms with Gasteiger partial charge in [-0.3, -0.25) is 4.79 Å². The second-order valence-electron chi connectivity index (χ2n) is 5.49. The summed E-state index contributed by atoms with van der Waals surface area (Å²) < 4.78 is 13.8. The third-order valence-electron chi connectivity index (χ3n) is 4.37. The molecule has 2 fully saturated rings. The van der Waals surface area contributed by atoms with Crippen LogP contribution >= 0.6 is 0 Å². The van der Waals surface area contributed by atoms with E-state index < -0.39 is 6.17 Å². The number of benzene rings is 1. The highest BCUT2D eigenvalue weighted by molar-refractivity contribution is 5.98. The van der Waals surface area contributed by atoms with Crippen molar-refractivity contribution >= 4 is 11.6 Å². The molecule has 102 valence electrons. The highest BCUT2D eigenvalue weighted by Gasteiger charge is 2.47. The lowest BCUT2D eigenvalue weighted by Crippen LogP contribution is -2.62. The number of hydrogen-bond acceptors (Lipinski definition) is 2. The number of nitrogens with zero attached hydrogens (tertiary/aromatic N) is 1. The first-order valence-electron chi connectivity index (χ1n) is 6.97. The lowest BCUT2D eigenvalue weighted by molar-refractivity contribution is -0.127. The van der Waals surface area contributed by atoms with Crippen molar-refractivity contribution in [2.24, 2.45) is 0 Å². The molecule has 3 nitrogen and oxygen atoms in total. The monoisotopic (exact) mass is 262 g/mol. The number of amides is 1. The van der Waals surface area contributed by atoms with Crippen LogP contribution in [0.3, 0.4) is 0 Å². The van der Waals surface area contributed by atoms with E-state index in [4.69, 9.17) is 0 Å². The Morgan fingerprint density at radius 3 is 2.53 bits per heavy atom. The molecule has 1 atom stereocenters. The van der Waals surface area contributed by atoms with Crippen molar-refractivity contribution in [1.29, 1.82) is 0 Å². The molecule has 2 aliphatic rings. The van der Waals surface area contributed by atoms with E-state index in [1.807, 2.05) is 30.3 Å². The molecule has 0 saturated carbocycles. The number of hydrogen-bond donors (Lipinski definition) is 1. The van der Waals surface area contributed by atoms with Crippen molar-refractivity contribution in [3.63, 3.8) is 0 Å². The molecule has 1 N–H and O–H groups in total. The molecule has 1 spiro atoms. The standard InChI is InChI=1S/C15H19FN2O/c16-13-6-7-15(8-10-17-11-9-15)18(14(13)19)12-4-2-1-3-5-12/h1-5,13,17H,6-11H2. The normalized spacial score (nSPS) is 26.7. The average molecular weight is 262 g/mol. The molecule has 1 aromatic carbocycles. The van der Waals surface area contributed by atoms with Crippen molar-refractivity contribution in [1.82, 2.24) is 5.32 Å². The van der Waals surface area contributed by atoms with E-state index in [-0.39, 0.29) is 11.4 Å². The predicted molar refractivity (Wildman–Crippen MR) is 72.9 cm³/mol. The van der Waals surface area contributed by atoms with Gasteiger partial charge < -0.3 is 10.2 Å². The fourth-order valence-corrected chi connectivity index (χ4v) is 3.35. The summed E-state index contributed by atoms with van der Waals surface area (Å²) >= 11 is 0. The minimum Gasteiger partial charge on any atom is -0.317 e. The maximum absolute atomic E-state index is 13.8. The molecule has 19 heavy (non-hydrogen) atoms. The van der Waals surface area contributed by atoms with E-state index in [0.717, 1.165) is 38.0 Å². The van der Waals surface area contributed by atoms with Gasteiger partial charge in [-0.15, -0.1) is 0 Å². The van der Waals surface area contributed by atoms with E-state index in [9.17, 15) is 9.18 Å². The lowest BCUT2D eigenvalue weighted by Gasteiger charge is -2.50. The van der Waals surface area contributed by atoms with Crippen LogP contribution in [0.4, 0.5) is 10.1 Å². The lowest BCUT2D eigenvalue weighted by atomic mass is 9.78. The number of para-hydroxylation sites is 1. The molecule has 1 aromatic rings. The molecule has 2 heterocycles. The molecule has 3 rings (SSSR count). The van der Waals surface area contributed by atoms with Crippen molar-refractivity contribution < 1.29 is 9.18 Å². The fourth-order valence-electron chi connectivity index (χ4n) is 3.35. The van der Waals surface area contributed by atoms with Gasteiger partial charge in [0.25, 0.3) is 5.91 Å². The smallest absolute Gasteiger partial charge is 0.262 e. The topological polar surface area (TPSA) is 32.3 Å². The Morgan fingerprint density at radius 1 is 1.16 bits per heavy atom. The first-order chi connectivity index (χ1) is 9.23. The van der Waals surface area contributed by atoms with Gasteiger partial charge >= 0.3 is 0 Å². The van der Waals surface area contributed by atoms with Crippen LogP contribution in [-0.2, 0) is 4.79 Å². The van der Waals surface area contributed by atoms with Crippen LogP contribution in [0.2, 0.25) is 0 Å². The quantitative estimate of drug-likeness (QED) is 0.842. The van der Waals surface area contributed by atoms with Crippen molar-refractivity contribution in [2.45, 2.75) is 37.4 Å². The van der Waals surface area contributed by atoms with E-state index >= 15 is 0 Å². The number of carbonyl (C=O) groups excluding carboxylic acids is 1. The van der Waals surface area contributed by atoms with Gasteiger partial charge in [0.15, 0.2) is 6.17 Å². The summed E-state index contributed by atoms with van der Waals surface area (Å²) in [5, 5.41) is 3.32. The number of rotatable bonds is 1. The van der Waals surface area contributed by atoms with Crippen LogP contribution in [0, 0.1) is 0 Å². The molecule has 0 bridgehead atoms. The Bertz CT molecular complexity index is 456. The summed E-state index contributed by atoms with van der Waals surface area (Å²) in [7, 11) is 0. The van der Waals surface area contributed by atoms with Gasteiger partial charge in [0.1, 0.15) is 0 Å². The largest absolute Gasteiger partial charge is 0.317 e. The molecular weight excluding hydrogens is 243 g/mol. The second-order valence-corrected chi connectivity index (χ2v) is 5.49. The van der Waals surface area contributed by atoms with E-state index in [1.54, 1.807) is 4.90 Å². The second kappa shape index (κ2) is 4.93. The maximum atomic E-state index is 13.8. The van der Waals surface area contributed by atoms with Crippen molar-refractivity contribution in [3.05, 3.63) is 30.3 Å². The molecule has 0 aliphatic carbocycles. The Hall–Kier alpha value is -1.42. The molecule has 1 amide bonds. The van der Waals surface area contributed by atoms with Crippen LogP contribution < -0.4 is 10.2 Å². The summed E-state index contributed by atoms with van der Waals surface area (Å²) in [6, 6.07) is 9.53. The average Bonchev–Trinajstić information content (AvgIpc) is 2.46. The van der Waals surface area contributed by atoms with Gasteiger partial charge in [0.05, 0.1) is 5.54 Å². The van der Waals surface area contributed by atoms with Gasteiger partial charge in [0, 0.05) is 5.69 Å². The maximum Gasteiger partial charge on any atom is 0.262 e. The minimum absolute atomic E-state index is 0.188. The SMILES string of the molecule is O=C1C(F)CCC2(CCNCC2)N1c1ccccc1. The summed E-state index contributed by atoms with van der Waals surface area (Å²) in [5.74, 6) is -0.362. The van der Waals surface area contributed by atoms with Crippen LogP contribution in [0.1, 0.15) is 25.7 Å². The van der Waals surface area contributed by atoms with Gasteiger partial charge in [-0.2, -0.15) is 0 Å². The van der Waals surface area contributed by atoms with Crippen molar-refractivity contribution in [2.75, 3.05) is 18.0 Å². The van der Waals surface area contributed by atoms with Crippen LogP contribution in [0.25, 0.3) is 0 Å². The molecule has 4 heteroatoms. The summed E-state index contributed by atoms with van der Waals surface area (Å²) in [5.41, 5.74) is 0.642. The third kappa shape index (κ3) is 2.14. The third-order valence-corrected chi connectivity index (χ3v) is 4.37. The van der Waals surface area contributed by atoms with Crippen LogP contribution in [0.15, 0.2) is 30.3 Å². The van der Waals surface area contributed by atoms with Crippen LogP contribution in [-0.4, -0.2) is 30.7 Å². The van der Waals surface area contributed by atoms with Gasteiger partial charge in [-0.05, 0) is 50.9 Å². The number of carbonyl (C=O) groups is 1. The fraction of sp³-hybridized carbons (Fsp3) is 0.533. The zero-order valence-corrected chi connectivity index (χ0v) is 10.9. The van der Waals surface area contributed by atoms with Gasteiger partial charge in [-0.25, -0.2) is 4.39 Å². The molecule has 0 aromatic heterocycles. The highest BCUT2D eigenvalue weighted by Crippen LogP contribution is 2.40. The Labute approximate surface area is 112 Å². The Morgan fingerprint density at radius 2 is 1.84 bits per heavy atom. The number of halogens is 1. The number of piperidine rings is 2. The number of nitrogens with one attached hydrogen (secondary N) is 1. The first kappa shape index (κ1) is 12.6. The molecule has 1 unspecified atom stereocenters. The molecule has 2 saturated heterocycles. The highest BCUT2D eigenvalue weighted by atomic mass is 19.1. The van der Waals surface area contributed by atoms with Gasteiger partial charge in [0.2, 0.25) is 0 Å². The van der Waals surface area contributed by atoms with Crippen molar-refractivity contribution in [3.8, 4) is 0 Å². The summed E-state index contributed by atoms with van der Waals surface area (Å²) in [6.45, 7) is 1.79. The van der Waals surface area contributed by atoms with E-state index in [2.05, 4.69) is 5.32 Å². The molecule has 0 radical (unpaired) electrons. The zero-order valence-electron chi connectivity index (χ0n) is 10.9. The van der Waals surface area contributed by atoms with E-state index in [0.29, 0.717) is 6.42 Å². The zero-order chi connectivity index (χ0) is 13.3. The minimum atomic E-state index is -1.35. The number of anilines is 1. The number of alkyl halides is 1. The summed E-state index contributed by atoms with van der Waals surface area (Å²) in [6.07, 6.45) is 1.58. The van der Waals surface area contributed by atoms with E-state index in [1.165, 1.54) is 0 Å². The predicted octanol–water partition coefficient (Wildman–Crippen LogP) is 2.27. The molecular formula is C15H19FN2O. The Kier molecular flexibility index (Phi) is 3.27. The van der Waals surface area contributed by atoms with Gasteiger partial charge in [-0.1, -0.05) is 18.2 Å². The Balaban J connectivity index is 2.00.